The van der Waals surface area contributed by atoms with Gasteiger partial charge in [-0.25, -0.2) is 4.79 Å². The zero-order valence-electron chi connectivity index (χ0n) is 10.1. The van der Waals surface area contributed by atoms with Crippen LogP contribution in [0.15, 0.2) is 24.4 Å². The number of halogens is 4. The van der Waals surface area contributed by atoms with Crippen LogP contribution in [0.4, 0.5) is 0 Å². The number of hydrogen-bond acceptors (Lipinski definition) is 3. The molecule has 0 amide bonds. The molecule has 1 aromatic heterocycles. The molecule has 0 aliphatic heterocycles. The van der Waals surface area contributed by atoms with Crippen molar-refractivity contribution < 1.29 is 9.53 Å². The van der Waals surface area contributed by atoms with Crippen LogP contribution in [-0.2, 0) is 4.74 Å². The number of benzene rings is 1. The van der Waals surface area contributed by atoms with E-state index in [4.69, 9.17) is 46.4 Å². The second-order valence-electron chi connectivity index (χ2n) is 3.76. The molecule has 0 radical (unpaired) electrons. The molecule has 2 rings (SSSR count). The molecular formula is C13H7Cl4NO2. The molecule has 0 saturated heterocycles. The maximum Gasteiger partial charge on any atom is 0.339 e. The number of rotatable bonds is 2. The maximum atomic E-state index is 11.6. The Morgan fingerprint density at radius 1 is 1.10 bits per heavy atom. The third kappa shape index (κ3) is 2.86. The largest absolute Gasteiger partial charge is 0.465 e. The summed E-state index contributed by atoms with van der Waals surface area (Å²) in [6.07, 6.45) is 1.35. The molecular weight excluding hydrogens is 344 g/mol. The van der Waals surface area contributed by atoms with Crippen LogP contribution in [0, 0.1) is 0 Å². The van der Waals surface area contributed by atoms with Crippen molar-refractivity contribution in [3.05, 3.63) is 50.0 Å². The zero-order chi connectivity index (χ0) is 14.9. The van der Waals surface area contributed by atoms with Crippen molar-refractivity contribution in [2.75, 3.05) is 7.11 Å². The maximum absolute atomic E-state index is 11.6. The summed E-state index contributed by atoms with van der Waals surface area (Å²) >= 11 is 23.9. The molecule has 0 fully saturated rings. The molecule has 3 nitrogen and oxygen atoms in total. The Morgan fingerprint density at radius 3 is 2.45 bits per heavy atom. The summed E-state index contributed by atoms with van der Waals surface area (Å²) in [6.45, 7) is 0. The molecule has 1 aromatic carbocycles. The van der Waals surface area contributed by atoms with Crippen LogP contribution in [0.2, 0.25) is 20.1 Å². The zero-order valence-corrected chi connectivity index (χ0v) is 13.1. The second kappa shape index (κ2) is 6.19. The van der Waals surface area contributed by atoms with E-state index in [9.17, 15) is 4.79 Å². The van der Waals surface area contributed by atoms with Gasteiger partial charge in [0.1, 0.15) is 0 Å². The monoisotopic (exact) mass is 349 g/mol. The van der Waals surface area contributed by atoms with Crippen molar-refractivity contribution in [3.63, 3.8) is 0 Å². The van der Waals surface area contributed by atoms with Gasteiger partial charge in [-0.2, -0.15) is 0 Å². The summed E-state index contributed by atoms with van der Waals surface area (Å²) in [4.78, 5) is 15.7. The first-order valence-electron chi connectivity index (χ1n) is 5.33. The highest BCUT2D eigenvalue weighted by atomic mass is 35.5. The Bertz CT molecular complexity index is 688. The summed E-state index contributed by atoms with van der Waals surface area (Å²) in [7, 11) is 1.27. The predicted molar refractivity (Wildman–Crippen MR) is 81.1 cm³/mol. The van der Waals surface area contributed by atoms with E-state index in [0.29, 0.717) is 16.3 Å². The lowest BCUT2D eigenvalue weighted by Gasteiger charge is -2.09. The lowest BCUT2D eigenvalue weighted by atomic mass is 10.1. The van der Waals surface area contributed by atoms with Crippen LogP contribution in [0.3, 0.4) is 0 Å². The number of aromatic nitrogens is 1. The molecule has 0 saturated carbocycles. The standard InChI is InChI=1S/C13H7Cl4NO2/c1-20-13(19)7-4-10(18-5-9(7)15)6-2-3-8(14)12(17)11(6)16/h2-5H,1H3. The van der Waals surface area contributed by atoms with Gasteiger partial charge in [0, 0.05) is 11.8 Å². The second-order valence-corrected chi connectivity index (χ2v) is 5.33. The average molecular weight is 351 g/mol. The molecule has 2 aromatic rings. The molecule has 0 bridgehead atoms. The van der Waals surface area contributed by atoms with Crippen molar-refractivity contribution in [1.29, 1.82) is 0 Å². The van der Waals surface area contributed by atoms with E-state index in [1.807, 2.05) is 0 Å². The Hall–Kier alpha value is -1.000. The van der Waals surface area contributed by atoms with Gasteiger partial charge in [-0.3, -0.25) is 4.98 Å². The number of carbonyl (C=O) groups excluding carboxylic acids is 1. The Labute approximate surface area is 135 Å². The van der Waals surface area contributed by atoms with Crippen molar-refractivity contribution in [2.24, 2.45) is 0 Å². The normalized spacial score (nSPS) is 10.4. The number of esters is 1. The fraction of sp³-hybridized carbons (Fsp3) is 0.0769. The number of ether oxygens (including phenoxy) is 1. The molecule has 0 spiro atoms. The van der Waals surface area contributed by atoms with Crippen LogP contribution in [-0.4, -0.2) is 18.1 Å². The van der Waals surface area contributed by atoms with Crippen molar-refractivity contribution >= 4 is 52.4 Å². The molecule has 0 unspecified atom stereocenters. The van der Waals surface area contributed by atoms with Gasteiger partial charge in [0.05, 0.1) is 38.5 Å². The minimum absolute atomic E-state index is 0.191. The number of nitrogens with zero attached hydrogens (tertiary/aromatic N) is 1. The summed E-state index contributed by atoms with van der Waals surface area (Å²) in [6, 6.07) is 4.74. The van der Waals surface area contributed by atoms with E-state index in [0.717, 1.165) is 0 Å². The van der Waals surface area contributed by atoms with E-state index in [1.165, 1.54) is 19.4 Å². The van der Waals surface area contributed by atoms with E-state index in [-0.39, 0.29) is 20.6 Å². The summed E-state index contributed by atoms with van der Waals surface area (Å²) < 4.78 is 4.65. The first kappa shape index (κ1) is 15.4. The summed E-state index contributed by atoms with van der Waals surface area (Å²) in [5.41, 5.74) is 1.18. The van der Waals surface area contributed by atoms with Gasteiger partial charge in [-0.15, -0.1) is 0 Å². The summed E-state index contributed by atoms with van der Waals surface area (Å²) in [5, 5.41) is 1.01. The number of hydrogen-bond donors (Lipinski definition) is 0. The summed E-state index contributed by atoms with van der Waals surface area (Å²) in [5.74, 6) is -0.560. The van der Waals surface area contributed by atoms with Gasteiger partial charge in [-0.05, 0) is 18.2 Å². The minimum Gasteiger partial charge on any atom is -0.465 e. The minimum atomic E-state index is -0.560. The first-order chi connectivity index (χ1) is 9.45. The number of carbonyl (C=O) groups is 1. The highest BCUT2D eigenvalue weighted by Crippen LogP contribution is 2.37. The van der Waals surface area contributed by atoms with E-state index >= 15 is 0 Å². The third-order valence-electron chi connectivity index (χ3n) is 2.57. The van der Waals surface area contributed by atoms with Crippen molar-refractivity contribution in [1.82, 2.24) is 4.98 Å². The van der Waals surface area contributed by atoms with Crippen molar-refractivity contribution in [3.8, 4) is 11.3 Å². The van der Waals surface area contributed by atoms with Gasteiger partial charge in [-0.1, -0.05) is 46.4 Å². The predicted octanol–water partition coefficient (Wildman–Crippen LogP) is 5.15. The fourth-order valence-corrected chi connectivity index (χ4v) is 2.39. The van der Waals surface area contributed by atoms with Crippen LogP contribution in [0.25, 0.3) is 11.3 Å². The van der Waals surface area contributed by atoms with Crippen LogP contribution in [0.1, 0.15) is 10.4 Å². The van der Waals surface area contributed by atoms with E-state index in [1.54, 1.807) is 12.1 Å². The molecule has 0 aliphatic rings. The lowest BCUT2D eigenvalue weighted by molar-refractivity contribution is 0.0601. The van der Waals surface area contributed by atoms with Crippen LogP contribution < -0.4 is 0 Å². The highest BCUT2D eigenvalue weighted by molar-refractivity contribution is 6.49. The molecule has 0 atom stereocenters. The topological polar surface area (TPSA) is 39.2 Å². The fourth-order valence-electron chi connectivity index (χ4n) is 1.58. The lowest BCUT2D eigenvalue weighted by Crippen LogP contribution is -2.03. The molecule has 20 heavy (non-hydrogen) atoms. The first-order valence-corrected chi connectivity index (χ1v) is 6.84. The molecule has 104 valence electrons. The van der Waals surface area contributed by atoms with Gasteiger partial charge in [0.15, 0.2) is 0 Å². The Balaban J connectivity index is 2.60. The number of pyridine rings is 1. The van der Waals surface area contributed by atoms with E-state index < -0.39 is 5.97 Å². The van der Waals surface area contributed by atoms with Crippen molar-refractivity contribution in [2.45, 2.75) is 0 Å². The highest BCUT2D eigenvalue weighted by Gasteiger charge is 2.16. The average Bonchev–Trinajstić information content (AvgIpc) is 2.45. The molecule has 7 heteroatoms. The molecule has 0 aliphatic carbocycles. The third-order valence-corrected chi connectivity index (χ3v) is 4.17. The Morgan fingerprint density at radius 2 is 1.80 bits per heavy atom. The smallest absolute Gasteiger partial charge is 0.339 e. The molecule has 1 heterocycles. The van der Waals surface area contributed by atoms with Gasteiger partial charge < -0.3 is 4.74 Å². The van der Waals surface area contributed by atoms with Gasteiger partial charge in [0.2, 0.25) is 0 Å². The molecule has 0 N–H and O–H groups in total. The van der Waals surface area contributed by atoms with Gasteiger partial charge >= 0.3 is 5.97 Å². The van der Waals surface area contributed by atoms with E-state index in [2.05, 4.69) is 9.72 Å². The van der Waals surface area contributed by atoms with Crippen LogP contribution >= 0.6 is 46.4 Å². The number of methoxy groups -OCH3 is 1. The quantitative estimate of drug-likeness (QED) is 0.555. The van der Waals surface area contributed by atoms with Crippen LogP contribution in [0.5, 0.6) is 0 Å². The SMILES string of the molecule is COC(=O)c1cc(-c2ccc(Cl)c(Cl)c2Cl)ncc1Cl. The van der Waals surface area contributed by atoms with Gasteiger partial charge in [0.25, 0.3) is 0 Å². The Kier molecular flexibility index (Phi) is 4.76.